The third-order valence-corrected chi connectivity index (χ3v) is 3.70. The quantitative estimate of drug-likeness (QED) is 0.881. The number of hydrogen-bond acceptors (Lipinski definition) is 4. The molecule has 0 fully saturated rings. The number of nitrogens with one attached hydrogen (secondary N) is 1. The average molecular weight is 254 g/mol. The van der Waals surface area contributed by atoms with Gasteiger partial charge in [0.15, 0.2) is 5.17 Å². The number of thioether (sulfide) groups is 1. The van der Waals surface area contributed by atoms with Gasteiger partial charge in [-0.25, -0.2) is 4.39 Å². The Bertz CT molecular complexity index is 437. The van der Waals surface area contributed by atoms with Gasteiger partial charge in [-0.15, -0.1) is 0 Å². The Labute approximate surface area is 104 Å². The van der Waals surface area contributed by atoms with Gasteiger partial charge in [0.05, 0.1) is 12.8 Å². The number of aliphatic imine (C=N–C) groups is 1. The summed E-state index contributed by atoms with van der Waals surface area (Å²) in [6.45, 7) is 3.00. The standard InChI is InChI=1S/C12H15FN2OS/c1-8-6-14-12(17-7-8)15-10-4-3-9(13)5-11(10)16-2/h3-5,8H,6-7H2,1-2H3,(H,14,15). The van der Waals surface area contributed by atoms with E-state index in [1.165, 1.54) is 19.2 Å². The number of rotatable bonds is 2. The van der Waals surface area contributed by atoms with E-state index in [0.717, 1.165) is 23.2 Å². The van der Waals surface area contributed by atoms with Crippen molar-refractivity contribution in [2.45, 2.75) is 6.92 Å². The lowest BCUT2D eigenvalue weighted by Crippen LogP contribution is -2.19. The Morgan fingerprint density at radius 3 is 3.00 bits per heavy atom. The van der Waals surface area contributed by atoms with Crippen LogP contribution in [0.2, 0.25) is 0 Å². The maximum atomic E-state index is 13.0. The van der Waals surface area contributed by atoms with Crippen LogP contribution in [0.25, 0.3) is 0 Å². The fraction of sp³-hybridized carbons (Fsp3) is 0.417. The zero-order chi connectivity index (χ0) is 12.3. The van der Waals surface area contributed by atoms with Crippen molar-refractivity contribution in [2.24, 2.45) is 10.9 Å². The molecule has 2 rings (SSSR count). The van der Waals surface area contributed by atoms with Crippen LogP contribution in [-0.4, -0.2) is 24.6 Å². The highest BCUT2D eigenvalue weighted by Crippen LogP contribution is 2.27. The number of hydrogen-bond donors (Lipinski definition) is 1. The molecule has 0 saturated carbocycles. The monoisotopic (exact) mass is 254 g/mol. The first kappa shape index (κ1) is 12.2. The highest BCUT2D eigenvalue weighted by molar-refractivity contribution is 8.14. The van der Waals surface area contributed by atoms with Crippen LogP contribution in [0.4, 0.5) is 10.1 Å². The second-order valence-corrected chi connectivity index (χ2v) is 5.04. The molecule has 1 unspecified atom stereocenters. The first-order valence-electron chi connectivity index (χ1n) is 5.47. The third kappa shape index (κ3) is 3.12. The fourth-order valence-electron chi connectivity index (χ4n) is 1.52. The first-order valence-corrected chi connectivity index (χ1v) is 6.45. The zero-order valence-electron chi connectivity index (χ0n) is 9.87. The van der Waals surface area contributed by atoms with Crippen LogP contribution >= 0.6 is 11.8 Å². The summed E-state index contributed by atoms with van der Waals surface area (Å²) in [5.41, 5.74) is 0.745. The number of nitrogens with zero attached hydrogens (tertiary/aromatic N) is 1. The molecule has 0 spiro atoms. The number of benzene rings is 1. The lowest BCUT2D eigenvalue weighted by Gasteiger charge is -2.18. The molecule has 1 aliphatic rings. The average Bonchev–Trinajstić information content (AvgIpc) is 2.34. The van der Waals surface area contributed by atoms with E-state index in [1.54, 1.807) is 17.8 Å². The van der Waals surface area contributed by atoms with Gasteiger partial charge in [-0.05, 0) is 18.1 Å². The SMILES string of the molecule is COc1cc(F)ccc1NC1=NCC(C)CS1. The third-order valence-electron chi connectivity index (χ3n) is 2.46. The van der Waals surface area contributed by atoms with Crippen molar-refractivity contribution in [1.29, 1.82) is 0 Å². The summed E-state index contributed by atoms with van der Waals surface area (Å²) in [7, 11) is 1.53. The van der Waals surface area contributed by atoms with Gasteiger partial charge in [0.2, 0.25) is 0 Å². The van der Waals surface area contributed by atoms with E-state index in [-0.39, 0.29) is 5.82 Å². The second-order valence-electron chi connectivity index (χ2n) is 4.03. The van der Waals surface area contributed by atoms with E-state index in [2.05, 4.69) is 17.2 Å². The second kappa shape index (κ2) is 5.40. The van der Waals surface area contributed by atoms with Gasteiger partial charge in [0.25, 0.3) is 0 Å². The van der Waals surface area contributed by atoms with Gasteiger partial charge in [-0.1, -0.05) is 18.7 Å². The summed E-state index contributed by atoms with van der Waals surface area (Å²) >= 11 is 1.68. The highest BCUT2D eigenvalue weighted by Gasteiger charge is 2.13. The Morgan fingerprint density at radius 1 is 1.53 bits per heavy atom. The molecular weight excluding hydrogens is 239 g/mol. The molecule has 17 heavy (non-hydrogen) atoms. The molecule has 5 heteroatoms. The molecule has 1 aromatic carbocycles. The largest absolute Gasteiger partial charge is 0.494 e. The molecule has 3 nitrogen and oxygen atoms in total. The fourth-order valence-corrected chi connectivity index (χ4v) is 2.41. The zero-order valence-corrected chi connectivity index (χ0v) is 10.7. The minimum Gasteiger partial charge on any atom is -0.494 e. The lowest BCUT2D eigenvalue weighted by atomic mass is 10.2. The summed E-state index contributed by atoms with van der Waals surface area (Å²) in [6.07, 6.45) is 0. The molecule has 1 N–H and O–H groups in total. The molecule has 0 radical (unpaired) electrons. The Balaban J connectivity index is 2.13. The predicted octanol–water partition coefficient (Wildman–Crippen LogP) is 2.99. The molecule has 1 atom stereocenters. The maximum Gasteiger partial charge on any atom is 0.161 e. The van der Waals surface area contributed by atoms with Crippen LogP contribution in [-0.2, 0) is 0 Å². The molecule has 1 aliphatic heterocycles. The maximum absolute atomic E-state index is 13.0. The molecule has 1 aromatic rings. The van der Waals surface area contributed by atoms with Crippen molar-refractivity contribution in [2.75, 3.05) is 24.7 Å². The van der Waals surface area contributed by atoms with E-state index in [9.17, 15) is 4.39 Å². The summed E-state index contributed by atoms with van der Waals surface area (Å²) in [5.74, 6) is 1.85. The molecule has 0 amide bonds. The number of anilines is 1. The predicted molar refractivity (Wildman–Crippen MR) is 70.5 cm³/mol. The molecule has 1 heterocycles. The van der Waals surface area contributed by atoms with Crippen LogP contribution in [0.3, 0.4) is 0 Å². The van der Waals surface area contributed by atoms with Gasteiger partial charge in [0, 0.05) is 18.4 Å². The molecular formula is C12H15FN2OS. The summed E-state index contributed by atoms with van der Waals surface area (Å²) in [4.78, 5) is 4.42. The van der Waals surface area contributed by atoms with E-state index >= 15 is 0 Å². The van der Waals surface area contributed by atoms with Gasteiger partial charge in [-0.2, -0.15) is 0 Å². The Morgan fingerprint density at radius 2 is 2.35 bits per heavy atom. The highest BCUT2D eigenvalue weighted by atomic mass is 32.2. The smallest absolute Gasteiger partial charge is 0.161 e. The van der Waals surface area contributed by atoms with Crippen molar-refractivity contribution in [3.8, 4) is 5.75 Å². The Hall–Kier alpha value is -1.23. The first-order chi connectivity index (χ1) is 8.19. The van der Waals surface area contributed by atoms with Gasteiger partial charge in [0.1, 0.15) is 11.6 Å². The molecule has 0 saturated heterocycles. The number of halogens is 1. The van der Waals surface area contributed by atoms with Gasteiger partial charge in [-0.3, -0.25) is 4.99 Å². The number of methoxy groups -OCH3 is 1. The van der Waals surface area contributed by atoms with Gasteiger partial charge >= 0.3 is 0 Å². The van der Waals surface area contributed by atoms with Crippen LogP contribution in [0.5, 0.6) is 5.75 Å². The summed E-state index contributed by atoms with van der Waals surface area (Å²) < 4.78 is 18.1. The molecule has 92 valence electrons. The van der Waals surface area contributed by atoms with Crippen molar-refractivity contribution >= 4 is 22.6 Å². The number of amidine groups is 1. The number of ether oxygens (including phenoxy) is 1. The molecule has 0 aliphatic carbocycles. The molecule has 0 bridgehead atoms. The van der Waals surface area contributed by atoms with Crippen molar-refractivity contribution in [3.63, 3.8) is 0 Å². The van der Waals surface area contributed by atoms with E-state index in [1.807, 2.05) is 0 Å². The van der Waals surface area contributed by atoms with E-state index in [0.29, 0.717) is 11.7 Å². The van der Waals surface area contributed by atoms with Crippen molar-refractivity contribution in [1.82, 2.24) is 0 Å². The van der Waals surface area contributed by atoms with E-state index in [4.69, 9.17) is 4.74 Å². The van der Waals surface area contributed by atoms with E-state index < -0.39 is 0 Å². The van der Waals surface area contributed by atoms with Crippen molar-refractivity contribution in [3.05, 3.63) is 24.0 Å². The van der Waals surface area contributed by atoms with Crippen LogP contribution in [0.15, 0.2) is 23.2 Å². The van der Waals surface area contributed by atoms with Crippen LogP contribution in [0, 0.1) is 11.7 Å². The minimum atomic E-state index is -0.306. The van der Waals surface area contributed by atoms with Gasteiger partial charge < -0.3 is 10.1 Å². The summed E-state index contributed by atoms with van der Waals surface area (Å²) in [5, 5.41) is 4.04. The van der Waals surface area contributed by atoms with Crippen LogP contribution in [0.1, 0.15) is 6.92 Å². The van der Waals surface area contributed by atoms with Crippen LogP contribution < -0.4 is 10.1 Å². The normalized spacial score (nSPS) is 19.7. The van der Waals surface area contributed by atoms with Crippen molar-refractivity contribution < 1.29 is 9.13 Å². The molecule has 0 aromatic heterocycles. The Kier molecular flexibility index (Phi) is 3.89. The minimum absolute atomic E-state index is 0.306. The lowest BCUT2D eigenvalue weighted by molar-refractivity contribution is 0.413. The summed E-state index contributed by atoms with van der Waals surface area (Å²) in [6, 6.07) is 4.43. The topological polar surface area (TPSA) is 33.6 Å².